The van der Waals surface area contributed by atoms with Gasteiger partial charge >= 0.3 is 0 Å². The number of aliphatic hydroxyl groups excluding tert-OH is 22. The Morgan fingerprint density at radius 3 is 0.802 bits per heavy atom. The van der Waals surface area contributed by atoms with E-state index in [2.05, 4.69) is 21.3 Å². The Morgan fingerprint density at radius 2 is 0.475 bits per heavy atom. The topological polar surface area (TPSA) is 700 Å². The van der Waals surface area contributed by atoms with E-state index in [0.717, 1.165) is 27.7 Å². The van der Waals surface area contributed by atoms with Gasteiger partial charge < -0.3 is 205 Å². The second-order valence-electron chi connectivity index (χ2n) is 25.3. The third-order valence-electron chi connectivity index (χ3n) is 18.3. The maximum atomic E-state index is 13.0. The van der Waals surface area contributed by atoms with E-state index >= 15 is 0 Å². The molecule has 40 atom stereocenters. The van der Waals surface area contributed by atoms with Gasteiger partial charge in [-0.3, -0.25) is 19.2 Å². The average Bonchev–Trinajstić information content (AvgIpc) is 0.768. The fourth-order valence-corrected chi connectivity index (χ4v) is 13.1. The minimum absolute atomic E-state index is 0.751. The van der Waals surface area contributed by atoms with E-state index in [1.54, 1.807) is 0 Å². The molecule has 0 saturated carbocycles. The molecule has 101 heavy (non-hydrogen) atoms. The van der Waals surface area contributed by atoms with Crippen LogP contribution < -0.4 is 21.3 Å². The third-order valence-corrected chi connectivity index (χ3v) is 18.3. The van der Waals surface area contributed by atoms with Crippen LogP contribution in [0, 0.1) is 0 Å². The van der Waals surface area contributed by atoms with Crippen LogP contribution in [0.3, 0.4) is 0 Å². The van der Waals surface area contributed by atoms with Crippen LogP contribution in [0.4, 0.5) is 0 Å². The second-order valence-corrected chi connectivity index (χ2v) is 25.3. The number of amides is 4. The van der Waals surface area contributed by atoms with Crippen LogP contribution >= 0.6 is 0 Å². The molecule has 0 aromatic heterocycles. The van der Waals surface area contributed by atoms with Gasteiger partial charge in [-0.15, -0.1) is 0 Å². The number of hydrogen-bond acceptors (Lipinski definition) is 41. The van der Waals surface area contributed by atoms with Crippen LogP contribution in [0.2, 0.25) is 0 Å². The number of aliphatic hydroxyl groups is 22. The van der Waals surface area contributed by atoms with Crippen molar-refractivity contribution in [1.29, 1.82) is 0 Å². The van der Waals surface area contributed by atoms with Gasteiger partial charge in [0.15, 0.2) is 50.3 Å². The molecule has 8 saturated heterocycles. The molecule has 0 aromatic carbocycles. The van der Waals surface area contributed by atoms with Gasteiger partial charge in [0.05, 0.1) is 52.9 Å². The molecule has 45 heteroatoms. The number of rotatable bonds is 26. The summed E-state index contributed by atoms with van der Waals surface area (Å²) in [7, 11) is 0. The van der Waals surface area contributed by atoms with Gasteiger partial charge in [0.25, 0.3) is 0 Å². The van der Waals surface area contributed by atoms with Crippen LogP contribution in [0.5, 0.6) is 0 Å². The van der Waals surface area contributed by atoms with E-state index in [-0.39, 0.29) is 0 Å². The van der Waals surface area contributed by atoms with E-state index in [9.17, 15) is 132 Å². The molecule has 0 bridgehead atoms. The lowest BCUT2D eigenvalue weighted by Gasteiger charge is -2.52. The van der Waals surface area contributed by atoms with E-state index in [4.69, 9.17) is 71.1 Å². The molecule has 0 spiro atoms. The van der Waals surface area contributed by atoms with E-state index < -0.39 is 322 Å². The molecule has 0 radical (unpaired) electrons. The van der Waals surface area contributed by atoms with Crippen molar-refractivity contribution in [3.8, 4) is 0 Å². The highest BCUT2D eigenvalue weighted by Gasteiger charge is 2.61. The quantitative estimate of drug-likeness (QED) is 0.0382. The monoisotopic (exact) mass is 1480 g/mol. The Labute approximate surface area is 572 Å². The molecule has 45 nitrogen and oxygen atoms in total. The van der Waals surface area contributed by atoms with Crippen molar-refractivity contribution in [3.63, 3.8) is 0 Å². The Bertz CT molecular complexity index is 2640. The summed E-state index contributed by atoms with van der Waals surface area (Å²) in [5.41, 5.74) is 0. The van der Waals surface area contributed by atoms with Gasteiger partial charge in [0.1, 0.15) is 195 Å². The number of carbonyl (C=O) groups is 4. The molecule has 8 aliphatic rings. The molecule has 8 heterocycles. The number of carbonyl (C=O) groups excluding carboxylic acids is 4. The zero-order valence-electron chi connectivity index (χ0n) is 54.3. The minimum Gasteiger partial charge on any atom is -0.394 e. The van der Waals surface area contributed by atoms with Gasteiger partial charge in [0.2, 0.25) is 23.6 Å². The van der Waals surface area contributed by atoms with Crippen LogP contribution in [0.1, 0.15) is 27.7 Å². The highest BCUT2D eigenvalue weighted by atomic mass is 16.8. The van der Waals surface area contributed by atoms with Gasteiger partial charge in [-0.2, -0.15) is 0 Å². The van der Waals surface area contributed by atoms with Crippen LogP contribution in [0.15, 0.2) is 0 Å². The van der Waals surface area contributed by atoms with Crippen molar-refractivity contribution in [2.75, 3.05) is 52.9 Å². The third kappa shape index (κ3) is 18.3. The lowest BCUT2D eigenvalue weighted by molar-refractivity contribution is -0.404. The molecule has 0 aliphatic carbocycles. The van der Waals surface area contributed by atoms with Crippen LogP contribution in [0.25, 0.3) is 0 Å². The number of nitrogens with one attached hydrogen (secondary N) is 4. The van der Waals surface area contributed by atoms with E-state index in [1.165, 1.54) is 0 Å². The lowest BCUT2D eigenvalue weighted by atomic mass is 9.93. The maximum absolute atomic E-state index is 13.0. The molecule has 26 N–H and O–H groups in total. The summed E-state index contributed by atoms with van der Waals surface area (Å²) in [5.74, 6) is -3.53. The van der Waals surface area contributed by atoms with Crippen molar-refractivity contribution in [2.45, 2.75) is 273 Å². The van der Waals surface area contributed by atoms with E-state index in [1.807, 2.05) is 0 Å². The zero-order valence-corrected chi connectivity index (χ0v) is 54.3. The summed E-state index contributed by atoms with van der Waals surface area (Å²) >= 11 is 0. The first-order chi connectivity index (χ1) is 47.8. The predicted molar refractivity (Wildman–Crippen MR) is 311 cm³/mol. The van der Waals surface area contributed by atoms with Gasteiger partial charge in [0, 0.05) is 27.7 Å². The first kappa shape index (κ1) is 83.0. The zero-order chi connectivity index (χ0) is 74.5. The van der Waals surface area contributed by atoms with Crippen molar-refractivity contribution in [1.82, 2.24) is 21.3 Å². The Morgan fingerprint density at radius 1 is 0.238 bits per heavy atom. The molecule has 0 aromatic rings. The van der Waals surface area contributed by atoms with Gasteiger partial charge in [-0.05, 0) is 0 Å². The van der Waals surface area contributed by atoms with Crippen LogP contribution in [-0.2, 0) is 90.2 Å². The Balaban J connectivity index is 1.12. The van der Waals surface area contributed by atoms with Crippen molar-refractivity contribution >= 4 is 23.6 Å². The van der Waals surface area contributed by atoms with Gasteiger partial charge in [-0.1, -0.05) is 0 Å². The molecular formula is C56H94N4O41. The molecule has 8 rings (SSSR count). The molecule has 8 fully saturated rings. The SMILES string of the molecule is CC(=O)N[C@@H]1[C@@H](O)[C@H](O[C@@H]2O[C@H](CO)[C@@H](O[C@@H]3O[C@H](CO)[C@@H](O)[C@H](O[C@H]4O[C@H](CO)[C@@H](O[C@@H]5O[C@H](CO)[C@@H](O[C@@H]6O[C@H](CO)[C@H](O)[C@H](O)[C@H]6O)[C@H](O)[C@H]5NC(C)=O)[C@H](O)[C@@H]4O[C@@H]4O[C@H](CO)[C@@H](O[C@@H]5O[C@H](CO)[C@H](O)[C@H](O)[C@H]5O)[C@H](O)[C@H]4NC(C)=O)[C@@H]3O)[C@H](O)[C@H]2NC(C)=O)[C@@H](CO)O[C@H]1O. The summed E-state index contributed by atoms with van der Waals surface area (Å²) in [6.45, 7) is -4.74. The van der Waals surface area contributed by atoms with Crippen molar-refractivity contribution in [3.05, 3.63) is 0 Å². The second kappa shape index (κ2) is 36.3. The molecule has 8 aliphatic heterocycles. The lowest BCUT2D eigenvalue weighted by Crippen LogP contribution is -2.71. The van der Waals surface area contributed by atoms with Gasteiger partial charge in [-0.25, -0.2) is 0 Å². The molecule has 584 valence electrons. The summed E-state index contributed by atoms with van der Waals surface area (Å²) in [5, 5.41) is 252. The minimum atomic E-state index is -2.49. The first-order valence-electron chi connectivity index (χ1n) is 32.1. The maximum Gasteiger partial charge on any atom is 0.217 e. The van der Waals surface area contributed by atoms with Crippen molar-refractivity contribution in [2.24, 2.45) is 0 Å². The molecule has 0 unspecified atom stereocenters. The molecular weight excluding hydrogens is 1380 g/mol. The normalized spacial score (nSPS) is 48.3. The van der Waals surface area contributed by atoms with E-state index in [0.29, 0.717) is 0 Å². The largest absolute Gasteiger partial charge is 0.394 e. The fourth-order valence-electron chi connectivity index (χ4n) is 13.1. The molecule has 4 amide bonds. The predicted octanol–water partition coefficient (Wildman–Crippen LogP) is -17.9. The Kier molecular flexibility index (Phi) is 29.9. The smallest absolute Gasteiger partial charge is 0.217 e. The number of hydrogen-bond donors (Lipinski definition) is 26. The number of ether oxygens (including phenoxy) is 15. The van der Waals surface area contributed by atoms with Crippen molar-refractivity contribution < 1.29 is 203 Å². The first-order valence-corrected chi connectivity index (χ1v) is 32.1. The average molecular weight is 1480 g/mol. The summed E-state index contributed by atoms with van der Waals surface area (Å²) in [6.07, 6.45) is -73.1. The summed E-state index contributed by atoms with van der Waals surface area (Å²) in [6, 6.07) is -7.30. The van der Waals surface area contributed by atoms with Crippen LogP contribution in [-0.4, -0.2) is 434 Å². The summed E-state index contributed by atoms with van der Waals surface area (Å²) in [4.78, 5) is 50.7. The summed E-state index contributed by atoms with van der Waals surface area (Å²) < 4.78 is 88.6. The highest BCUT2D eigenvalue weighted by molar-refractivity contribution is 5.74. The highest BCUT2D eigenvalue weighted by Crippen LogP contribution is 2.40. The fraction of sp³-hybridized carbons (Fsp3) is 0.929. The Hall–Kier alpha value is -3.60. The standard InChI is InChI=1S/C56H94N4O41/c1-13(69)57-25-32(76)42(20(8-64)87-49(25)86)95-50-26(58-14(2)70)34(78)45(23(11-67)91-50)99-55-41(85)47(31(75)19(7-63)90-55)100-56-48(101-52-28(60-16(4)72)35(79)44(22(10-66)93-52)98-54-39(83)37(81)30(74)18(6-62)89-54)40(84)46(24(12-68)94-56)96-51-27(59-15(3)71)33(77)43(21(9-65)92-51)97-53-38(82)36(80)29(73)17(5-61)88-53/h17-56,61-68,73-86H,5-12H2,1-4H3,(H,57,69)(H,58,70)(H,59,71)(H,60,72)/t17-,18-,19-,20-,21-,22-,23-,24-,25-,26-,27-,28-,29+,30+,31-,32-,33-,34-,35-,36+,37+,38-,39-,40+,41+,42-,43-,44-,45-,46-,47+,48+,49-,50+,51+,52+,53+,54+,55+,56-/m1/s1.